The molecule has 0 spiro atoms. The van der Waals surface area contributed by atoms with Gasteiger partial charge in [-0.2, -0.15) is 0 Å². The van der Waals surface area contributed by atoms with E-state index < -0.39 is 0 Å². The number of benzene rings is 2. The third kappa shape index (κ3) is 5.83. The van der Waals surface area contributed by atoms with Gasteiger partial charge in [-0.3, -0.25) is 9.59 Å². The van der Waals surface area contributed by atoms with Crippen LogP contribution >= 0.6 is 0 Å². The van der Waals surface area contributed by atoms with Crippen LogP contribution in [0.2, 0.25) is 0 Å². The molecule has 3 rings (SSSR count). The summed E-state index contributed by atoms with van der Waals surface area (Å²) in [7, 11) is 0. The molecule has 0 aliphatic carbocycles. The minimum Gasteiger partial charge on any atom is -0.494 e. The maximum Gasteiger partial charge on any atom is 0.224 e. The summed E-state index contributed by atoms with van der Waals surface area (Å²) in [6.07, 6.45) is 2.34. The van der Waals surface area contributed by atoms with Gasteiger partial charge >= 0.3 is 0 Å². The van der Waals surface area contributed by atoms with Crippen molar-refractivity contribution in [2.24, 2.45) is 0 Å². The van der Waals surface area contributed by atoms with Gasteiger partial charge in [-0.05, 0) is 49.1 Å². The molecule has 5 nitrogen and oxygen atoms in total. The van der Waals surface area contributed by atoms with E-state index in [9.17, 15) is 9.59 Å². The van der Waals surface area contributed by atoms with Gasteiger partial charge in [0, 0.05) is 30.5 Å². The zero-order valence-electron chi connectivity index (χ0n) is 17.5. The second kappa shape index (κ2) is 9.12. The molecule has 0 atom stereocenters. The van der Waals surface area contributed by atoms with Crippen molar-refractivity contribution in [1.82, 2.24) is 5.32 Å². The predicted molar refractivity (Wildman–Crippen MR) is 115 cm³/mol. The van der Waals surface area contributed by atoms with Gasteiger partial charge in [0.2, 0.25) is 11.8 Å². The Labute approximate surface area is 172 Å². The van der Waals surface area contributed by atoms with Crippen LogP contribution in [-0.2, 0) is 21.4 Å². The van der Waals surface area contributed by atoms with Crippen LogP contribution in [0.5, 0.6) is 5.75 Å². The molecule has 0 saturated carbocycles. The molecule has 29 heavy (non-hydrogen) atoms. The second-order valence-corrected chi connectivity index (χ2v) is 8.35. The first-order valence-corrected chi connectivity index (χ1v) is 10.2. The van der Waals surface area contributed by atoms with Crippen molar-refractivity contribution in [2.75, 3.05) is 18.5 Å². The Hall–Kier alpha value is -2.82. The van der Waals surface area contributed by atoms with Crippen LogP contribution in [-0.4, -0.2) is 25.0 Å². The van der Waals surface area contributed by atoms with Crippen molar-refractivity contribution in [1.29, 1.82) is 0 Å². The number of hydrogen-bond acceptors (Lipinski definition) is 3. The van der Waals surface area contributed by atoms with E-state index in [1.165, 1.54) is 11.1 Å². The van der Waals surface area contributed by atoms with Gasteiger partial charge in [-0.25, -0.2) is 0 Å². The van der Waals surface area contributed by atoms with Gasteiger partial charge in [0.15, 0.2) is 0 Å². The van der Waals surface area contributed by atoms with Crippen molar-refractivity contribution in [2.45, 2.75) is 51.9 Å². The normalized spacial score (nSPS) is 13.4. The number of carbonyl (C=O) groups excluding carboxylic acids is 2. The maximum absolute atomic E-state index is 12.2. The van der Waals surface area contributed by atoms with Crippen LogP contribution in [0.1, 0.15) is 49.8 Å². The Morgan fingerprint density at radius 2 is 2.00 bits per heavy atom. The van der Waals surface area contributed by atoms with E-state index in [0.29, 0.717) is 32.4 Å². The van der Waals surface area contributed by atoms with E-state index in [0.717, 1.165) is 23.4 Å². The Kier molecular flexibility index (Phi) is 6.57. The summed E-state index contributed by atoms with van der Waals surface area (Å²) in [6, 6.07) is 14.1. The fourth-order valence-electron chi connectivity index (χ4n) is 3.45. The number of fused-ring (bicyclic) bond motifs is 1. The van der Waals surface area contributed by atoms with Crippen molar-refractivity contribution in [3.8, 4) is 5.75 Å². The summed E-state index contributed by atoms with van der Waals surface area (Å²) in [6.45, 7) is 7.45. The lowest BCUT2D eigenvalue weighted by Gasteiger charge is -2.26. The average molecular weight is 395 g/mol. The van der Waals surface area contributed by atoms with Gasteiger partial charge in [0.05, 0.1) is 6.61 Å². The summed E-state index contributed by atoms with van der Waals surface area (Å²) >= 11 is 0. The molecule has 0 fully saturated rings. The molecule has 1 aliphatic rings. The largest absolute Gasteiger partial charge is 0.494 e. The number of aryl methyl sites for hydroxylation is 2. The topological polar surface area (TPSA) is 67.4 Å². The second-order valence-electron chi connectivity index (χ2n) is 8.35. The molecule has 0 radical (unpaired) electrons. The molecule has 2 amide bonds. The minimum atomic E-state index is -0.114. The number of amides is 2. The maximum atomic E-state index is 12.2. The Morgan fingerprint density at radius 3 is 2.79 bits per heavy atom. The molecule has 2 N–H and O–H groups in total. The summed E-state index contributed by atoms with van der Waals surface area (Å²) in [5.41, 5.74) is 4.30. The molecule has 5 heteroatoms. The number of hydrogen-bond donors (Lipinski definition) is 2. The van der Waals surface area contributed by atoms with E-state index in [1.807, 2.05) is 18.2 Å². The molecule has 1 heterocycles. The van der Waals surface area contributed by atoms with Crippen molar-refractivity contribution in [3.63, 3.8) is 0 Å². The number of nitrogens with one attached hydrogen (secondary N) is 2. The lowest BCUT2D eigenvalue weighted by Crippen LogP contribution is -2.36. The Morgan fingerprint density at radius 1 is 1.17 bits per heavy atom. The zero-order valence-corrected chi connectivity index (χ0v) is 17.5. The molecular formula is C24H30N2O3. The monoisotopic (exact) mass is 394 g/mol. The first kappa shape index (κ1) is 20.9. The number of anilines is 1. The highest BCUT2D eigenvalue weighted by Gasteiger charge is 2.21. The van der Waals surface area contributed by atoms with Crippen molar-refractivity contribution in [3.05, 3.63) is 59.2 Å². The average Bonchev–Trinajstić information content (AvgIpc) is 2.70. The molecule has 1 aliphatic heterocycles. The summed E-state index contributed by atoms with van der Waals surface area (Å²) < 4.78 is 5.78. The van der Waals surface area contributed by atoms with Crippen LogP contribution in [0.4, 0.5) is 5.69 Å². The van der Waals surface area contributed by atoms with E-state index in [-0.39, 0.29) is 17.2 Å². The third-order valence-electron chi connectivity index (χ3n) is 5.32. The molecule has 2 aromatic carbocycles. The SMILES string of the molecule is Cc1cccc(C(C)(C)CNC(=O)CCCOc2ccc3c(c2)CCC(=O)N3)c1. The van der Waals surface area contributed by atoms with Crippen LogP contribution in [0.15, 0.2) is 42.5 Å². The molecular weight excluding hydrogens is 364 g/mol. The van der Waals surface area contributed by atoms with Crippen LogP contribution in [0.3, 0.4) is 0 Å². The van der Waals surface area contributed by atoms with Crippen molar-refractivity contribution >= 4 is 17.5 Å². The molecule has 0 bridgehead atoms. The standard InChI is InChI=1S/C24H30N2O3/c1-17-6-4-7-19(14-17)24(2,3)16-25-22(27)8-5-13-29-20-10-11-21-18(15-20)9-12-23(28)26-21/h4,6-7,10-11,14-15H,5,8-9,12-13,16H2,1-3H3,(H,25,27)(H,26,28). The lowest BCUT2D eigenvalue weighted by atomic mass is 9.84. The first-order valence-electron chi connectivity index (χ1n) is 10.2. The summed E-state index contributed by atoms with van der Waals surface area (Å²) in [5, 5.41) is 5.91. The third-order valence-corrected chi connectivity index (χ3v) is 5.32. The highest BCUT2D eigenvalue weighted by atomic mass is 16.5. The number of ether oxygens (including phenoxy) is 1. The van der Waals surface area contributed by atoms with E-state index in [4.69, 9.17) is 4.74 Å². The zero-order chi connectivity index (χ0) is 20.9. The number of rotatable bonds is 8. The van der Waals surface area contributed by atoms with E-state index in [1.54, 1.807) is 0 Å². The number of carbonyl (C=O) groups is 2. The highest BCUT2D eigenvalue weighted by Crippen LogP contribution is 2.27. The highest BCUT2D eigenvalue weighted by molar-refractivity contribution is 5.94. The van der Waals surface area contributed by atoms with Crippen LogP contribution < -0.4 is 15.4 Å². The molecule has 0 aromatic heterocycles. The minimum absolute atomic E-state index is 0.0440. The van der Waals surface area contributed by atoms with E-state index >= 15 is 0 Å². The summed E-state index contributed by atoms with van der Waals surface area (Å²) in [4.78, 5) is 23.6. The van der Waals surface area contributed by atoms with Gasteiger partial charge in [-0.1, -0.05) is 43.7 Å². The summed E-state index contributed by atoms with van der Waals surface area (Å²) in [5.74, 6) is 0.881. The van der Waals surface area contributed by atoms with Crippen molar-refractivity contribution < 1.29 is 14.3 Å². The molecule has 154 valence electrons. The fourth-order valence-corrected chi connectivity index (χ4v) is 3.45. The van der Waals surface area contributed by atoms with E-state index in [2.05, 4.69) is 55.7 Å². The lowest BCUT2D eigenvalue weighted by molar-refractivity contribution is -0.121. The van der Waals surface area contributed by atoms with Gasteiger partial charge in [0.25, 0.3) is 0 Å². The fraction of sp³-hybridized carbons (Fsp3) is 0.417. The van der Waals surface area contributed by atoms with Crippen LogP contribution in [0, 0.1) is 6.92 Å². The molecule has 0 unspecified atom stereocenters. The quantitative estimate of drug-likeness (QED) is 0.662. The Bertz CT molecular complexity index is 889. The molecule has 2 aromatic rings. The predicted octanol–water partition coefficient (Wildman–Crippen LogP) is 4.13. The van der Waals surface area contributed by atoms with Crippen LogP contribution in [0.25, 0.3) is 0 Å². The first-order chi connectivity index (χ1) is 13.8. The smallest absolute Gasteiger partial charge is 0.224 e. The van der Waals surface area contributed by atoms with Gasteiger partial charge in [-0.15, -0.1) is 0 Å². The Balaban J connectivity index is 1.39. The van der Waals surface area contributed by atoms with Gasteiger partial charge < -0.3 is 15.4 Å². The van der Waals surface area contributed by atoms with Gasteiger partial charge in [0.1, 0.15) is 5.75 Å². The molecule has 0 saturated heterocycles.